The molecule has 18 heteroatoms. The van der Waals surface area contributed by atoms with Crippen LogP contribution in [0.15, 0.2) is 0 Å². The first-order valence-electron chi connectivity index (χ1n) is 13.8. The third-order valence-electron chi connectivity index (χ3n) is 8.22. The molecule has 3 aliphatic heterocycles. The number of rotatable bonds is 9. The van der Waals surface area contributed by atoms with Gasteiger partial charge in [0.2, 0.25) is 0 Å². The van der Waals surface area contributed by atoms with Gasteiger partial charge in [-0.2, -0.15) is 0 Å². The van der Waals surface area contributed by atoms with Gasteiger partial charge in [-0.05, 0) is 12.8 Å². The molecule has 0 bridgehead atoms. The summed E-state index contributed by atoms with van der Waals surface area (Å²) in [5, 5.41) is 62.6. The molecule has 3 saturated heterocycles. The van der Waals surface area contributed by atoms with E-state index in [0.717, 1.165) is 0 Å². The van der Waals surface area contributed by atoms with Crippen LogP contribution in [0.1, 0.15) is 12.8 Å². The van der Waals surface area contributed by atoms with Crippen molar-refractivity contribution < 1.29 is 59.1 Å². The van der Waals surface area contributed by atoms with E-state index >= 15 is 0 Å². The predicted molar refractivity (Wildman–Crippen MR) is 137 cm³/mol. The summed E-state index contributed by atoms with van der Waals surface area (Å²) in [7, 11) is 0. The highest BCUT2D eigenvalue weighted by molar-refractivity contribution is 5.01. The zero-order valence-electron chi connectivity index (χ0n) is 22.5. The molecular weight excluding hydrogens is 552 g/mol. The smallest absolute Gasteiger partial charge is 0.187 e. The Morgan fingerprint density at radius 3 is 1.78 bits per heavy atom. The van der Waals surface area contributed by atoms with Gasteiger partial charge in [0.15, 0.2) is 18.9 Å². The summed E-state index contributed by atoms with van der Waals surface area (Å²) in [5.74, 6) is 0. The standard InChI is InChI=1S/C23H46N6O12/c24-3-10-9(31)2-8(28)21(36-10)39-18-7(27)1-6(26)14(32)20(18)41-23-17(35)19(12(5-30)38-23)40-22-13(29)16(34)15(33)11(4-25)37-22/h6-23,30-35H,1-5,24-29H2/t6-,7+,8-,9+,10-,11+,12-,13-,14+,15-,16-,17-,18-,19-,20-,21-,22-,23+/m1/s1. The van der Waals surface area contributed by atoms with Gasteiger partial charge in [-0.3, -0.25) is 0 Å². The summed E-state index contributed by atoms with van der Waals surface area (Å²) >= 11 is 0. The molecule has 0 spiro atoms. The highest BCUT2D eigenvalue weighted by Gasteiger charge is 2.53. The Morgan fingerprint density at radius 1 is 0.561 bits per heavy atom. The van der Waals surface area contributed by atoms with E-state index in [0.29, 0.717) is 0 Å². The monoisotopic (exact) mass is 598 g/mol. The quantitative estimate of drug-likeness (QED) is 0.117. The lowest BCUT2D eigenvalue weighted by Crippen LogP contribution is -2.66. The van der Waals surface area contributed by atoms with E-state index < -0.39 is 117 Å². The molecule has 4 rings (SSSR count). The zero-order valence-corrected chi connectivity index (χ0v) is 22.5. The normalized spacial score (nSPS) is 53.0. The van der Waals surface area contributed by atoms with E-state index in [2.05, 4.69) is 0 Å². The van der Waals surface area contributed by atoms with Gasteiger partial charge in [-0.15, -0.1) is 0 Å². The molecule has 3 heterocycles. The Balaban J connectivity index is 1.48. The first kappa shape index (κ1) is 33.2. The van der Waals surface area contributed by atoms with E-state index in [1.807, 2.05) is 0 Å². The van der Waals surface area contributed by atoms with Crippen LogP contribution >= 0.6 is 0 Å². The van der Waals surface area contributed by atoms with Crippen LogP contribution in [0.2, 0.25) is 0 Å². The first-order valence-corrected chi connectivity index (χ1v) is 13.8. The number of aliphatic hydroxyl groups excluding tert-OH is 6. The predicted octanol–water partition coefficient (Wildman–Crippen LogP) is -7.87. The van der Waals surface area contributed by atoms with Crippen molar-refractivity contribution in [2.45, 2.75) is 123 Å². The summed E-state index contributed by atoms with van der Waals surface area (Å²) in [6.45, 7) is -0.750. The molecule has 18 atom stereocenters. The van der Waals surface area contributed by atoms with Crippen molar-refractivity contribution in [2.75, 3.05) is 19.7 Å². The lowest BCUT2D eigenvalue weighted by molar-refractivity contribution is -0.295. The summed E-state index contributed by atoms with van der Waals surface area (Å²) in [5.41, 5.74) is 35.9. The Kier molecular flexibility index (Phi) is 11.3. The van der Waals surface area contributed by atoms with Gasteiger partial charge in [-0.25, -0.2) is 0 Å². The topological polar surface area (TPSA) is 333 Å². The van der Waals surface area contributed by atoms with E-state index in [4.69, 9.17) is 62.8 Å². The maximum Gasteiger partial charge on any atom is 0.187 e. The number of nitrogens with two attached hydrogens (primary N) is 6. The van der Waals surface area contributed by atoms with E-state index in [-0.39, 0.29) is 25.9 Å². The molecule has 0 unspecified atom stereocenters. The minimum Gasteiger partial charge on any atom is -0.394 e. The van der Waals surface area contributed by atoms with Gasteiger partial charge in [0.1, 0.15) is 48.8 Å². The fourth-order valence-electron chi connectivity index (χ4n) is 5.72. The number of aliphatic hydroxyl groups is 6. The summed E-state index contributed by atoms with van der Waals surface area (Å²) in [6.07, 6.45) is -16.6. The SMILES string of the molecule is NC[C@@H]1O[C@H](O[C@H]2[C@@H](O)[C@H](O[C@@H]3[C@@H](O)[C@H](N)C[C@H](N)[C@H]3O[C@H]3O[C@H](CN)[C@@H](O)C[C@H]3N)O[C@@H]2CO)[C@H](N)[C@@H](O)[C@@H]1O. The Hall–Kier alpha value is -0.720. The largest absolute Gasteiger partial charge is 0.394 e. The number of hydrogen-bond acceptors (Lipinski definition) is 18. The molecule has 4 fully saturated rings. The minimum atomic E-state index is -1.56. The molecule has 18 nitrogen and oxygen atoms in total. The average Bonchev–Trinajstić information content (AvgIpc) is 3.24. The maximum atomic E-state index is 11.1. The molecule has 0 aromatic rings. The van der Waals surface area contributed by atoms with E-state index in [1.54, 1.807) is 0 Å². The lowest BCUT2D eigenvalue weighted by atomic mass is 9.84. The van der Waals surface area contributed by atoms with Gasteiger partial charge in [0.05, 0.1) is 37.0 Å². The Bertz CT molecular complexity index is 838. The van der Waals surface area contributed by atoms with Crippen molar-refractivity contribution in [1.82, 2.24) is 0 Å². The van der Waals surface area contributed by atoms with E-state index in [1.165, 1.54) is 0 Å². The van der Waals surface area contributed by atoms with E-state index in [9.17, 15) is 30.6 Å². The summed E-state index contributed by atoms with van der Waals surface area (Å²) < 4.78 is 34.9. The lowest BCUT2D eigenvalue weighted by Gasteiger charge is -2.46. The summed E-state index contributed by atoms with van der Waals surface area (Å²) in [4.78, 5) is 0. The van der Waals surface area contributed by atoms with Crippen LogP contribution in [0.4, 0.5) is 0 Å². The second kappa shape index (κ2) is 13.9. The van der Waals surface area contributed by atoms with Crippen LogP contribution in [-0.4, -0.2) is 161 Å². The van der Waals surface area contributed by atoms with Crippen LogP contribution in [0.5, 0.6) is 0 Å². The van der Waals surface area contributed by atoms with Gasteiger partial charge >= 0.3 is 0 Å². The zero-order chi connectivity index (χ0) is 30.2. The van der Waals surface area contributed by atoms with Crippen molar-refractivity contribution in [1.29, 1.82) is 0 Å². The minimum absolute atomic E-state index is 0.0142. The average molecular weight is 599 g/mol. The molecule has 0 aromatic carbocycles. The van der Waals surface area contributed by atoms with Gasteiger partial charge < -0.3 is 93.5 Å². The molecule has 0 aromatic heterocycles. The van der Waals surface area contributed by atoms with Gasteiger partial charge in [-0.1, -0.05) is 0 Å². The molecule has 4 aliphatic rings. The molecule has 1 saturated carbocycles. The van der Waals surface area contributed by atoms with Crippen molar-refractivity contribution in [3.63, 3.8) is 0 Å². The highest BCUT2D eigenvalue weighted by Crippen LogP contribution is 2.34. The van der Waals surface area contributed by atoms with Crippen LogP contribution in [-0.2, 0) is 28.4 Å². The van der Waals surface area contributed by atoms with Gasteiger partial charge in [0, 0.05) is 25.2 Å². The third-order valence-corrected chi connectivity index (χ3v) is 8.22. The molecular formula is C23H46N6O12. The van der Waals surface area contributed by atoms with Crippen LogP contribution < -0.4 is 34.4 Å². The molecule has 0 radical (unpaired) electrons. The highest BCUT2D eigenvalue weighted by atomic mass is 16.8. The molecule has 18 N–H and O–H groups in total. The van der Waals surface area contributed by atoms with Crippen LogP contribution in [0.25, 0.3) is 0 Å². The second-order valence-electron chi connectivity index (χ2n) is 11.2. The van der Waals surface area contributed by atoms with Crippen molar-refractivity contribution in [3.8, 4) is 0 Å². The second-order valence-corrected chi connectivity index (χ2v) is 11.2. The molecule has 1 aliphatic carbocycles. The number of hydrogen-bond donors (Lipinski definition) is 12. The molecule has 240 valence electrons. The van der Waals surface area contributed by atoms with Crippen molar-refractivity contribution >= 4 is 0 Å². The van der Waals surface area contributed by atoms with Crippen LogP contribution in [0, 0.1) is 0 Å². The fourth-order valence-corrected chi connectivity index (χ4v) is 5.72. The molecule has 0 amide bonds. The third kappa shape index (κ3) is 6.85. The Labute approximate surface area is 236 Å². The van der Waals surface area contributed by atoms with Crippen LogP contribution in [0.3, 0.4) is 0 Å². The maximum absolute atomic E-state index is 11.1. The van der Waals surface area contributed by atoms with Crippen molar-refractivity contribution in [3.05, 3.63) is 0 Å². The summed E-state index contributed by atoms with van der Waals surface area (Å²) in [6, 6.07) is -3.54. The molecule has 41 heavy (non-hydrogen) atoms. The van der Waals surface area contributed by atoms with Crippen molar-refractivity contribution in [2.24, 2.45) is 34.4 Å². The number of ether oxygens (including phenoxy) is 6. The Morgan fingerprint density at radius 2 is 1.15 bits per heavy atom. The van der Waals surface area contributed by atoms with Gasteiger partial charge in [0.25, 0.3) is 0 Å². The fraction of sp³-hybridized carbons (Fsp3) is 1.00. The first-order chi connectivity index (χ1) is 19.4.